The van der Waals surface area contributed by atoms with Crippen LogP contribution in [0.15, 0.2) is 0 Å². The number of carbonyl (C=O) groups is 2. The molecule has 0 bridgehead atoms. The van der Waals surface area contributed by atoms with E-state index in [-0.39, 0.29) is 30.9 Å². The van der Waals surface area contributed by atoms with E-state index in [1.54, 1.807) is 0 Å². The van der Waals surface area contributed by atoms with Crippen LogP contribution in [0.3, 0.4) is 0 Å². The quantitative estimate of drug-likeness (QED) is 0.370. The van der Waals surface area contributed by atoms with E-state index in [1.165, 1.54) is 38.5 Å². The van der Waals surface area contributed by atoms with Crippen LogP contribution >= 0.6 is 0 Å². The maximum Gasteiger partial charge on any atom is 0.306 e. The van der Waals surface area contributed by atoms with Gasteiger partial charge >= 0.3 is 11.9 Å². The van der Waals surface area contributed by atoms with Crippen molar-refractivity contribution in [2.75, 3.05) is 6.61 Å². The summed E-state index contributed by atoms with van der Waals surface area (Å²) in [6.07, 6.45) is 13.3. The Morgan fingerprint density at radius 2 is 1.45 bits per heavy atom. The zero-order chi connectivity index (χ0) is 16.0. The van der Waals surface area contributed by atoms with Gasteiger partial charge in [-0.3, -0.25) is 9.59 Å². The summed E-state index contributed by atoms with van der Waals surface area (Å²) in [6.45, 7) is 2.70. The highest BCUT2D eigenvalue weighted by molar-refractivity contribution is 5.77. The van der Waals surface area contributed by atoms with Gasteiger partial charge in [-0.25, -0.2) is 0 Å². The summed E-state index contributed by atoms with van der Waals surface area (Å²) in [4.78, 5) is 22.9. The zero-order valence-corrected chi connectivity index (χ0v) is 14.1. The number of rotatable bonds is 13. The monoisotopic (exact) mass is 312 g/mol. The summed E-state index contributed by atoms with van der Waals surface area (Å²) in [5.41, 5.74) is 0. The van der Waals surface area contributed by atoms with Gasteiger partial charge in [-0.2, -0.15) is 0 Å². The van der Waals surface area contributed by atoms with Crippen molar-refractivity contribution in [3.8, 4) is 0 Å². The molecule has 0 heterocycles. The minimum absolute atomic E-state index is 0.0980. The second kappa shape index (κ2) is 12.5. The predicted octanol–water partition coefficient (Wildman–Crippen LogP) is 4.55. The van der Waals surface area contributed by atoms with Crippen LogP contribution in [0.5, 0.6) is 0 Å². The third-order valence-corrected chi connectivity index (χ3v) is 4.14. The lowest BCUT2D eigenvalue weighted by Gasteiger charge is -2.24. The molecule has 4 nitrogen and oxygen atoms in total. The van der Waals surface area contributed by atoms with Crippen molar-refractivity contribution in [3.05, 3.63) is 0 Å². The highest BCUT2D eigenvalue weighted by Gasteiger charge is 2.21. The van der Waals surface area contributed by atoms with Crippen molar-refractivity contribution in [1.82, 2.24) is 0 Å². The maximum atomic E-state index is 11.5. The summed E-state index contributed by atoms with van der Waals surface area (Å²) >= 11 is 0. The van der Waals surface area contributed by atoms with Gasteiger partial charge in [-0.05, 0) is 25.7 Å². The lowest BCUT2D eigenvalue weighted by atomic mass is 9.96. The molecule has 1 rings (SSSR count). The summed E-state index contributed by atoms with van der Waals surface area (Å²) in [5.74, 6) is -0.553. The first-order valence-corrected chi connectivity index (χ1v) is 9.07. The third-order valence-electron chi connectivity index (χ3n) is 4.14. The molecule has 0 saturated heterocycles. The Labute approximate surface area is 134 Å². The molecule has 0 aromatic heterocycles. The molecule has 1 aliphatic rings. The van der Waals surface area contributed by atoms with Crippen LogP contribution in [0.1, 0.15) is 90.4 Å². The SMILES string of the molecule is CCCCCCCCCCOC(=O)CCC(=O)OC1CCC1. The summed E-state index contributed by atoms with van der Waals surface area (Å²) in [5, 5.41) is 0. The first-order chi connectivity index (χ1) is 10.7. The predicted molar refractivity (Wildman–Crippen MR) is 86.5 cm³/mol. The van der Waals surface area contributed by atoms with Gasteiger partial charge in [0.2, 0.25) is 0 Å². The summed E-state index contributed by atoms with van der Waals surface area (Å²) in [6, 6.07) is 0. The average molecular weight is 312 g/mol. The standard InChI is InChI=1S/C18H32O4/c1-2-3-4-5-6-7-8-9-15-21-17(19)13-14-18(20)22-16-11-10-12-16/h16H,2-15H2,1H3. The van der Waals surface area contributed by atoms with Crippen LogP contribution in [0.4, 0.5) is 0 Å². The van der Waals surface area contributed by atoms with E-state index in [4.69, 9.17) is 9.47 Å². The Morgan fingerprint density at radius 1 is 0.864 bits per heavy atom. The Kier molecular flexibility index (Phi) is 10.8. The Hall–Kier alpha value is -1.06. The van der Waals surface area contributed by atoms with Gasteiger partial charge in [0, 0.05) is 0 Å². The fourth-order valence-corrected chi connectivity index (χ4v) is 2.43. The second-order valence-electron chi connectivity index (χ2n) is 6.24. The van der Waals surface area contributed by atoms with Crippen molar-refractivity contribution in [2.24, 2.45) is 0 Å². The number of esters is 2. The average Bonchev–Trinajstić information content (AvgIpc) is 2.47. The van der Waals surface area contributed by atoms with Crippen molar-refractivity contribution in [1.29, 1.82) is 0 Å². The van der Waals surface area contributed by atoms with E-state index >= 15 is 0 Å². The van der Waals surface area contributed by atoms with Crippen LogP contribution in [0.2, 0.25) is 0 Å². The Bertz CT molecular complexity index is 310. The molecule has 0 radical (unpaired) electrons. The van der Waals surface area contributed by atoms with Gasteiger partial charge in [0.05, 0.1) is 19.4 Å². The van der Waals surface area contributed by atoms with E-state index in [2.05, 4.69) is 6.92 Å². The normalized spacial score (nSPS) is 14.4. The Balaban J connectivity index is 1.83. The maximum absolute atomic E-state index is 11.5. The molecule has 0 aliphatic heterocycles. The highest BCUT2D eigenvalue weighted by Crippen LogP contribution is 2.22. The van der Waals surface area contributed by atoms with E-state index in [0.717, 1.165) is 32.1 Å². The van der Waals surface area contributed by atoms with Crippen molar-refractivity contribution >= 4 is 11.9 Å². The molecule has 0 amide bonds. The Morgan fingerprint density at radius 3 is 2.05 bits per heavy atom. The van der Waals surface area contributed by atoms with Crippen LogP contribution in [0, 0.1) is 0 Å². The summed E-state index contributed by atoms with van der Waals surface area (Å²) < 4.78 is 10.3. The van der Waals surface area contributed by atoms with Gasteiger partial charge in [-0.1, -0.05) is 51.9 Å². The molecule has 0 spiro atoms. The van der Waals surface area contributed by atoms with Crippen molar-refractivity contribution < 1.29 is 19.1 Å². The number of carbonyl (C=O) groups excluding carboxylic acids is 2. The molecular formula is C18H32O4. The molecule has 128 valence electrons. The van der Waals surface area contributed by atoms with Crippen molar-refractivity contribution in [3.63, 3.8) is 0 Å². The lowest BCUT2D eigenvalue weighted by Crippen LogP contribution is -2.25. The molecule has 0 N–H and O–H groups in total. The van der Waals surface area contributed by atoms with Crippen LogP contribution in [-0.4, -0.2) is 24.6 Å². The number of hydrogen-bond acceptors (Lipinski definition) is 4. The highest BCUT2D eigenvalue weighted by atomic mass is 16.5. The molecular weight excluding hydrogens is 280 g/mol. The van der Waals surface area contributed by atoms with E-state index < -0.39 is 0 Å². The molecule has 0 atom stereocenters. The molecule has 0 aromatic rings. The third kappa shape index (κ3) is 9.80. The van der Waals surface area contributed by atoms with Crippen LogP contribution in [-0.2, 0) is 19.1 Å². The van der Waals surface area contributed by atoms with E-state index in [1.807, 2.05) is 0 Å². The number of unbranched alkanes of at least 4 members (excludes halogenated alkanes) is 7. The molecule has 1 aliphatic carbocycles. The first-order valence-electron chi connectivity index (χ1n) is 9.07. The lowest BCUT2D eigenvalue weighted by molar-refractivity contribution is -0.156. The number of ether oxygens (including phenoxy) is 2. The molecule has 1 saturated carbocycles. The first kappa shape index (κ1) is 19.0. The van der Waals surface area contributed by atoms with Gasteiger partial charge in [0.15, 0.2) is 0 Å². The van der Waals surface area contributed by atoms with Gasteiger partial charge < -0.3 is 9.47 Å². The molecule has 0 unspecified atom stereocenters. The van der Waals surface area contributed by atoms with Gasteiger partial charge in [-0.15, -0.1) is 0 Å². The molecule has 4 heteroatoms. The molecule has 22 heavy (non-hydrogen) atoms. The largest absolute Gasteiger partial charge is 0.466 e. The van der Waals surface area contributed by atoms with Gasteiger partial charge in [0.25, 0.3) is 0 Å². The van der Waals surface area contributed by atoms with E-state index in [0.29, 0.717) is 6.61 Å². The topological polar surface area (TPSA) is 52.6 Å². The summed E-state index contributed by atoms with van der Waals surface area (Å²) in [7, 11) is 0. The molecule has 0 aromatic carbocycles. The fraction of sp³-hybridized carbons (Fsp3) is 0.889. The van der Waals surface area contributed by atoms with Crippen molar-refractivity contribution in [2.45, 2.75) is 96.5 Å². The fourth-order valence-electron chi connectivity index (χ4n) is 2.43. The van der Waals surface area contributed by atoms with Gasteiger partial charge in [0.1, 0.15) is 6.10 Å². The number of hydrogen-bond donors (Lipinski definition) is 0. The smallest absolute Gasteiger partial charge is 0.306 e. The molecule has 1 fully saturated rings. The minimum Gasteiger partial charge on any atom is -0.466 e. The van der Waals surface area contributed by atoms with Crippen LogP contribution < -0.4 is 0 Å². The van der Waals surface area contributed by atoms with Crippen LogP contribution in [0.25, 0.3) is 0 Å². The zero-order valence-electron chi connectivity index (χ0n) is 14.1. The van der Waals surface area contributed by atoms with E-state index in [9.17, 15) is 9.59 Å². The second-order valence-corrected chi connectivity index (χ2v) is 6.24. The minimum atomic E-state index is -0.284.